The van der Waals surface area contributed by atoms with Crippen LogP contribution in [0.5, 0.6) is 5.75 Å². The third-order valence-electron chi connectivity index (χ3n) is 2.57. The van der Waals surface area contributed by atoms with Crippen LogP contribution in [0.2, 0.25) is 0 Å². The molecule has 0 saturated heterocycles. The summed E-state index contributed by atoms with van der Waals surface area (Å²) in [5.74, 6) is -0.475. The summed E-state index contributed by atoms with van der Waals surface area (Å²) in [6.45, 7) is 1.97. The summed E-state index contributed by atoms with van der Waals surface area (Å²) < 4.78 is 0. The van der Waals surface area contributed by atoms with Gasteiger partial charge in [-0.15, -0.1) is 0 Å². The van der Waals surface area contributed by atoms with Gasteiger partial charge in [-0.05, 0) is 37.3 Å². The van der Waals surface area contributed by atoms with Gasteiger partial charge in [-0.2, -0.15) is 0 Å². The van der Waals surface area contributed by atoms with E-state index < -0.39 is 0 Å². The van der Waals surface area contributed by atoms with Crippen molar-refractivity contribution in [2.75, 3.05) is 11.1 Å². The maximum atomic E-state index is 11.9. The Bertz CT molecular complexity index is 577. The second kappa shape index (κ2) is 4.79. The monoisotopic (exact) mass is 242 g/mol. The van der Waals surface area contributed by atoms with E-state index in [1.54, 1.807) is 12.1 Å². The molecule has 0 unspecified atom stereocenters. The number of amides is 1. The average Bonchev–Trinajstić information content (AvgIpc) is 2.35. The summed E-state index contributed by atoms with van der Waals surface area (Å²) in [6.07, 6.45) is 0. The Balaban J connectivity index is 2.21. The van der Waals surface area contributed by atoms with Crippen molar-refractivity contribution in [2.45, 2.75) is 6.92 Å². The molecule has 0 aliphatic carbocycles. The number of carbonyl (C=O) groups is 1. The highest BCUT2D eigenvalue weighted by atomic mass is 16.3. The lowest BCUT2D eigenvalue weighted by Crippen LogP contribution is -2.12. The third-order valence-corrected chi connectivity index (χ3v) is 2.57. The Hall–Kier alpha value is -2.49. The standard InChI is InChI=1S/C14H14N2O2/c1-9-2-5-11(6-3-9)16-14(18)12-8-10(15)4-7-13(12)17/h2-8,17H,15H2,1H3,(H,16,18). The number of hydrogen-bond acceptors (Lipinski definition) is 3. The van der Waals surface area contributed by atoms with Gasteiger partial charge in [0.25, 0.3) is 5.91 Å². The first-order valence-electron chi connectivity index (χ1n) is 5.53. The van der Waals surface area contributed by atoms with Crippen molar-refractivity contribution in [3.05, 3.63) is 53.6 Å². The summed E-state index contributed by atoms with van der Waals surface area (Å²) in [5, 5.41) is 12.3. The van der Waals surface area contributed by atoms with Gasteiger partial charge in [-0.3, -0.25) is 4.79 Å². The molecule has 0 spiro atoms. The summed E-state index contributed by atoms with van der Waals surface area (Å²) in [6, 6.07) is 11.8. The maximum absolute atomic E-state index is 11.9. The Kier molecular flexibility index (Phi) is 3.19. The van der Waals surface area contributed by atoms with E-state index >= 15 is 0 Å². The van der Waals surface area contributed by atoms with Crippen molar-refractivity contribution in [3.63, 3.8) is 0 Å². The quantitative estimate of drug-likeness (QED) is 0.559. The molecule has 0 fully saturated rings. The van der Waals surface area contributed by atoms with Crippen LogP contribution in [0.3, 0.4) is 0 Å². The van der Waals surface area contributed by atoms with Crippen LogP contribution in [-0.2, 0) is 0 Å². The zero-order valence-electron chi connectivity index (χ0n) is 9.97. The normalized spacial score (nSPS) is 10.1. The minimum atomic E-state index is -0.386. The molecular formula is C14H14N2O2. The van der Waals surface area contributed by atoms with E-state index in [-0.39, 0.29) is 17.2 Å². The molecule has 4 heteroatoms. The highest BCUT2D eigenvalue weighted by molar-refractivity contribution is 6.06. The predicted octanol–water partition coefficient (Wildman–Crippen LogP) is 2.54. The van der Waals surface area contributed by atoms with Gasteiger partial charge in [0, 0.05) is 11.4 Å². The topological polar surface area (TPSA) is 75.4 Å². The van der Waals surface area contributed by atoms with Crippen molar-refractivity contribution in [2.24, 2.45) is 0 Å². The highest BCUT2D eigenvalue weighted by Crippen LogP contribution is 2.21. The Morgan fingerprint density at radius 3 is 2.50 bits per heavy atom. The van der Waals surface area contributed by atoms with Crippen LogP contribution in [0.15, 0.2) is 42.5 Å². The first-order valence-corrected chi connectivity index (χ1v) is 5.53. The molecule has 2 aromatic carbocycles. The number of aromatic hydroxyl groups is 1. The van der Waals surface area contributed by atoms with Crippen LogP contribution in [0, 0.1) is 6.92 Å². The maximum Gasteiger partial charge on any atom is 0.259 e. The molecule has 4 nitrogen and oxygen atoms in total. The molecule has 0 aromatic heterocycles. The number of hydrogen-bond donors (Lipinski definition) is 3. The van der Waals surface area contributed by atoms with Crippen LogP contribution < -0.4 is 11.1 Å². The third kappa shape index (κ3) is 2.60. The molecule has 0 saturated carbocycles. The molecule has 2 rings (SSSR count). The number of phenolic OH excluding ortho intramolecular Hbond substituents is 1. The minimum Gasteiger partial charge on any atom is -0.507 e. The van der Waals surface area contributed by atoms with Crippen LogP contribution in [0.25, 0.3) is 0 Å². The van der Waals surface area contributed by atoms with Crippen molar-refractivity contribution in [1.82, 2.24) is 0 Å². The highest BCUT2D eigenvalue weighted by Gasteiger charge is 2.11. The van der Waals surface area contributed by atoms with E-state index in [9.17, 15) is 9.90 Å². The number of anilines is 2. The van der Waals surface area contributed by atoms with Crippen LogP contribution in [0.1, 0.15) is 15.9 Å². The number of nitrogen functional groups attached to an aromatic ring is 1. The number of benzene rings is 2. The first kappa shape index (κ1) is 12.0. The number of rotatable bonds is 2. The zero-order chi connectivity index (χ0) is 13.1. The smallest absolute Gasteiger partial charge is 0.259 e. The van der Waals surface area contributed by atoms with Crippen molar-refractivity contribution < 1.29 is 9.90 Å². The van der Waals surface area contributed by atoms with Crippen LogP contribution in [-0.4, -0.2) is 11.0 Å². The van der Waals surface area contributed by atoms with Crippen LogP contribution in [0.4, 0.5) is 11.4 Å². The molecule has 0 aliphatic rings. The number of nitrogens with one attached hydrogen (secondary N) is 1. The largest absolute Gasteiger partial charge is 0.507 e. The molecule has 2 aromatic rings. The Labute approximate surface area is 105 Å². The first-order chi connectivity index (χ1) is 8.56. The number of nitrogens with two attached hydrogens (primary N) is 1. The van der Waals surface area contributed by atoms with Gasteiger partial charge in [-0.1, -0.05) is 17.7 Å². The Morgan fingerprint density at radius 1 is 1.17 bits per heavy atom. The fourth-order valence-electron chi connectivity index (χ4n) is 1.57. The van der Waals surface area contributed by atoms with E-state index in [1.165, 1.54) is 18.2 Å². The number of phenols is 1. The molecule has 0 aliphatic heterocycles. The van der Waals surface area contributed by atoms with Gasteiger partial charge < -0.3 is 16.2 Å². The molecule has 0 radical (unpaired) electrons. The molecule has 1 amide bonds. The van der Waals surface area contributed by atoms with Gasteiger partial charge in [0.15, 0.2) is 0 Å². The van der Waals surface area contributed by atoms with Crippen molar-refractivity contribution in [1.29, 1.82) is 0 Å². The summed E-state index contributed by atoms with van der Waals surface area (Å²) in [5.41, 5.74) is 7.97. The molecule has 4 N–H and O–H groups in total. The van der Waals surface area contributed by atoms with Crippen molar-refractivity contribution >= 4 is 17.3 Å². The van der Waals surface area contributed by atoms with Crippen molar-refractivity contribution in [3.8, 4) is 5.75 Å². The van der Waals surface area contributed by atoms with E-state index in [1.807, 2.05) is 19.1 Å². The predicted molar refractivity (Wildman–Crippen MR) is 71.7 cm³/mol. The molecular weight excluding hydrogens is 228 g/mol. The number of aryl methyl sites for hydroxylation is 1. The molecule has 0 heterocycles. The van der Waals surface area contributed by atoms with Gasteiger partial charge in [-0.25, -0.2) is 0 Å². The van der Waals surface area contributed by atoms with E-state index in [4.69, 9.17) is 5.73 Å². The van der Waals surface area contributed by atoms with E-state index in [2.05, 4.69) is 5.32 Å². The van der Waals surface area contributed by atoms with E-state index in [0.29, 0.717) is 11.4 Å². The van der Waals surface area contributed by atoms with Gasteiger partial charge in [0.1, 0.15) is 5.75 Å². The fourth-order valence-corrected chi connectivity index (χ4v) is 1.57. The number of carbonyl (C=O) groups excluding carboxylic acids is 1. The average molecular weight is 242 g/mol. The minimum absolute atomic E-state index is 0.0891. The Morgan fingerprint density at radius 2 is 1.83 bits per heavy atom. The summed E-state index contributed by atoms with van der Waals surface area (Å²) >= 11 is 0. The fraction of sp³-hybridized carbons (Fsp3) is 0.0714. The van der Waals surface area contributed by atoms with Gasteiger partial charge in [0.2, 0.25) is 0 Å². The van der Waals surface area contributed by atoms with E-state index in [0.717, 1.165) is 5.56 Å². The molecule has 0 bridgehead atoms. The lowest BCUT2D eigenvalue weighted by atomic mass is 10.1. The van der Waals surface area contributed by atoms with Gasteiger partial charge in [0.05, 0.1) is 5.56 Å². The summed E-state index contributed by atoms with van der Waals surface area (Å²) in [7, 11) is 0. The van der Waals surface area contributed by atoms with Crippen LogP contribution >= 0.6 is 0 Å². The second-order valence-electron chi connectivity index (χ2n) is 4.10. The molecule has 18 heavy (non-hydrogen) atoms. The SMILES string of the molecule is Cc1ccc(NC(=O)c2cc(N)ccc2O)cc1. The molecule has 0 atom stereocenters. The van der Waals surface area contributed by atoms with Gasteiger partial charge >= 0.3 is 0 Å². The molecule has 92 valence electrons. The second-order valence-corrected chi connectivity index (χ2v) is 4.10. The summed E-state index contributed by atoms with van der Waals surface area (Å²) in [4.78, 5) is 11.9. The lowest BCUT2D eigenvalue weighted by Gasteiger charge is -2.07. The zero-order valence-corrected chi connectivity index (χ0v) is 9.97. The lowest BCUT2D eigenvalue weighted by molar-refractivity contribution is 0.102.